The van der Waals surface area contributed by atoms with Crippen LogP contribution in [0.2, 0.25) is 0 Å². The predicted molar refractivity (Wildman–Crippen MR) is 98.1 cm³/mol. The first-order valence-corrected chi connectivity index (χ1v) is 9.05. The smallest absolute Gasteiger partial charge is 0.326 e. The zero-order chi connectivity index (χ0) is 19.8. The van der Waals surface area contributed by atoms with Gasteiger partial charge in [0.25, 0.3) is 0 Å². The maximum absolute atomic E-state index is 13.9. The van der Waals surface area contributed by atoms with E-state index >= 15 is 0 Å². The highest BCUT2D eigenvalue weighted by Gasteiger charge is 2.41. The molecule has 1 aromatic carbocycles. The average molecular weight is 387 g/mol. The maximum atomic E-state index is 13.9. The van der Waals surface area contributed by atoms with E-state index < -0.39 is 17.8 Å². The lowest BCUT2D eigenvalue weighted by atomic mass is 10.1. The van der Waals surface area contributed by atoms with Crippen molar-refractivity contribution in [2.75, 3.05) is 29.9 Å². The number of anilines is 2. The Labute approximate surface area is 160 Å². The highest BCUT2D eigenvalue weighted by atomic mass is 19.1. The summed E-state index contributed by atoms with van der Waals surface area (Å²) in [6.45, 7) is 1.30. The highest BCUT2D eigenvalue weighted by molar-refractivity contribution is 6.02. The number of likely N-dealkylation sites (N-methyl/N-ethyl adjacent to an activating group) is 1. The van der Waals surface area contributed by atoms with Crippen LogP contribution in [-0.2, 0) is 11.2 Å². The quantitative estimate of drug-likeness (QED) is 0.757. The van der Waals surface area contributed by atoms with Crippen molar-refractivity contribution in [1.82, 2.24) is 14.9 Å². The first kappa shape index (κ1) is 18.3. The molecule has 1 unspecified atom stereocenters. The summed E-state index contributed by atoms with van der Waals surface area (Å²) in [6.07, 6.45) is 3.19. The van der Waals surface area contributed by atoms with E-state index in [2.05, 4.69) is 9.97 Å². The fraction of sp³-hybridized carbons (Fsp3) is 0.368. The van der Waals surface area contributed by atoms with Crippen molar-refractivity contribution in [1.29, 1.82) is 0 Å². The third-order valence-electron chi connectivity index (χ3n) is 5.12. The van der Waals surface area contributed by atoms with Crippen molar-refractivity contribution in [3.63, 3.8) is 0 Å². The molecule has 1 saturated heterocycles. The number of aromatic nitrogens is 2. The number of likely N-dealkylation sites (tertiary alicyclic amines) is 1. The minimum atomic E-state index is -0.821. The van der Waals surface area contributed by atoms with Crippen LogP contribution in [0, 0.1) is 11.6 Å². The SMILES string of the molecule is CN1c2nc(Cc3cc(F)ccc3F)ncc2N(C(=O)N2CCCC2)C1C=O. The second kappa shape index (κ2) is 7.14. The lowest BCUT2D eigenvalue weighted by Crippen LogP contribution is -2.50. The molecule has 2 aromatic rings. The van der Waals surface area contributed by atoms with E-state index in [-0.39, 0.29) is 23.8 Å². The van der Waals surface area contributed by atoms with Crippen LogP contribution < -0.4 is 9.80 Å². The maximum Gasteiger partial charge on any atom is 0.326 e. The van der Waals surface area contributed by atoms with Crippen molar-refractivity contribution in [3.05, 3.63) is 47.4 Å². The van der Waals surface area contributed by atoms with Crippen molar-refractivity contribution >= 4 is 23.8 Å². The van der Waals surface area contributed by atoms with Gasteiger partial charge in [0.2, 0.25) is 0 Å². The van der Waals surface area contributed by atoms with Crippen LogP contribution in [0.4, 0.5) is 25.1 Å². The summed E-state index contributed by atoms with van der Waals surface area (Å²) in [5.74, 6) is -0.407. The topological polar surface area (TPSA) is 69.6 Å². The third kappa shape index (κ3) is 3.06. The van der Waals surface area contributed by atoms with Gasteiger partial charge in [-0.15, -0.1) is 0 Å². The Bertz CT molecular complexity index is 933. The molecule has 2 aliphatic rings. The van der Waals surface area contributed by atoms with E-state index in [1.54, 1.807) is 16.8 Å². The highest BCUT2D eigenvalue weighted by Crippen LogP contribution is 2.37. The molecule has 2 aliphatic heterocycles. The Kier molecular flexibility index (Phi) is 4.66. The van der Waals surface area contributed by atoms with E-state index in [4.69, 9.17) is 0 Å². The Morgan fingerprint density at radius 1 is 1.29 bits per heavy atom. The van der Waals surface area contributed by atoms with Crippen LogP contribution in [0.15, 0.2) is 24.4 Å². The van der Waals surface area contributed by atoms with Crippen molar-refractivity contribution in [2.45, 2.75) is 25.4 Å². The lowest BCUT2D eigenvalue weighted by Gasteiger charge is -2.28. The molecule has 0 aliphatic carbocycles. The van der Waals surface area contributed by atoms with E-state index in [1.165, 1.54) is 11.1 Å². The number of rotatable bonds is 3. The zero-order valence-corrected chi connectivity index (χ0v) is 15.3. The molecule has 1 aromatic heterocycles. The lowest BCUT2D eigenvalue weighted by molar-refractivity contribution is -0.108. The van der Waals surface area contributed by atoms with Gasteiger partial charge in [0.15, 0.2) is 18.3 Å². The number of halogens is 2. The largest absolute Gasteiger partial charge is 0.331 e. The molecule has 0 radical (unpaired) electrons. The number of urea groups is 1. The molecule has 2 amide bonds. The molecule has 3 heterocycles. The summed E-state index contributed by atoms with van der Waals surface area (Å²) in [5.41, 5.74) is 0.567. The zero-order valence-electron chi connectivity index (χ0n) is 15.3. The molecule has 146 valence electrons. The van der Waals surface area contributed by atoms with Crippen LogP contribution >= 0.6 is 0 Å². The summed E-state index contributed by atoms with van der Waals surface area (Å²) >= 11 is 0. The fourth-order valence-corrected chi connectivity index (χ4v) is 3.64. The number of hydrogen-bond acceptors (Lipinski definition) is 5. The normalized spacial score (nSPS) is 18.5. The molecule has 0 spiro atoms. The van der Waals surface area contributed by atoms with Crippen LogP contribution in [0.3, 0.4) is 0 Å². The van der Waals surface area contributed by atoms with Gasteiger partial charge < -0.3 is 9.80 Å². The summed E-state index contributed by atoms with van der Waals surface area (Å²) in [7, 11) is 1.66. The molecule has 0 N–H and O–H groups in total. The van der Waals surface area contributed by atoms with Gasteiger partial charge in [-0.1, -0.05) is 0 Å². The number of nitrogens with zero attached hydrogens (tertiary/aromatic N) is 5. The standard InChI is InChI=1S/C19H19F2N5O2/c1-24-17(11-27)26(19(28)25-6-2-3-7-25)15-10-22-16(23-18(15)24)9-12-8-13(20)4-5-14(12)21/h4-5,8,10-11,17H,2-3,6-7,9H2,1H3. The molecule has 9 heteroatoms. The number of benzene rings is 1. The van der Waals surface area contributed by atoms with Crippen LogP contribution in [0.5, 0.6) is 0 Å². The molecule has 28 heavy (non-hydrogen) atoms. The predicted octanol–water partition coefficient (Wildman–Crippen LogP) is 2.34. The van der Waals surface area contributed by atoms with Crippen LogP contribution in [0.25, 0.3) is 0 Å². The van der Waals surface area contributed by atoms with Crippen LogP contribution in [0.1, 0.15) is 24.2 Å². The molecule has 0 bridgehead atoms. The molecule has 7 nitrogen and oxygen atoms in total. The van der Waals surface area contributed by atoms with Gasteiger partial charge in [0.1, 0.15) is 23.1 Å². The van der Waals surface area contributed by atoms with Gasteiger partial charge in [-0.2, -0.15) is 0 Å². The molecular formula is C19H19F2N5O2. The summed E-state index contributed by atoms with van der Waals surface area (Å²) in [5, 5.41) is 0. The van der Waals surface area contributed by atoms with Gasteiger partial charge in [-0.3, -0.25) is 9.69 Å². The van der Waals surface area contributed by atoms with Gasteiger partial charge in [-0.05, 0) is 36.6 Å². The first-order chi connectivity index (χ1) is 13.5. The number of carbonyl (C=O) groups excluding carboxylic acids is 2. The summed E-state index contributed by atoms with van der Waals surface area (Å²) < 4.78 is 27.3. The summed E-state index contributed by atoms with van der Waals surface area (Å²) in [4.78, 5) is 37.9. The minimum absolute atomic E-state index is 0.00343. The Hall–Kier alpha value is -3.10. The van der Waals surface area contributed by atoms with E-state index in [0.29, 0.717) is 30.9 Å². The van der Waals surface area contributed by atoms with E-state index in [0.717, 1.165) is 31.0 Å². The number of aldehydes is 1. The van der Waals surface area contributed by atoms with Gasteiger partial charge in [-0.25, -0.2) is 23.5 Å². The molecular weight excluding hydrogens is 368 g/mol. The number of amides is 2. The Balaban J connectivity index is 1.66. The van der Waals surface area contributed by atoms with Crippen molar-refractivity contribution in [3.8, 4) is 0 Å². The van der Waals surface area contributed by atoms with Gasteiger partial charge in [0.05, 0.1) is 6.20 Å². The number of carbonyl (C=O) groups is 2. The number of fused-ring (bicyclic) bond motifs is 1. The second-order valence-electron chi connectivity index (χ2n) is 6.91. The molecule has 4 rings (SSSR count). The third-order valence-corrected chi connectivity index (χ3v) is 5.12. The van der Waals surface area contributed by atoms with Crippen molar-refractivity contribution < 1.29 is 18.4 Å². The monoisotopic (exact) mass is 387 g/mol. The van der Waals surface area contributed by atoms with Gasteiger partial charge >= 0.3 is 6.03 Å². The Morgan fingerprint density at radius 2 is 2.04 bits per heavy atom. The van der Waals surface area contributed by atoms with Crippen molar-refractivity contribution in [2.24, 2.45) is 0 Å². The van der Waals surface area contributed by atoms with E-state index in [9.17, 15) is 18.4 Å². The van der Waals surface area contributed by atoms with Crippen LogP contribution in [-0.4, -0.2) is 53.5 Å². The van der Waals surface area contributed by atoms with Gasteiger partial charge in [0, 0.05) is 26.6 Å². The molecule has 0 saturated carbocycles. The Morgan fingerprint density at radius 3 is 2.75 bits per heavy atom. The molecule has 1 atom stereocenters. The van der Waals surface area contributed by atoms with E-state index in [1.807, 2.05) is 0 Å². The molecule has 1 fully saturated rings. The first-order valence-electron chi connectivity index (χ1n) is 9.05. The average Bonchev–Trinajstić information content (AvgIpc) is 3.31. The minimum Gasteiger partial charge on any atom is -0.331 e. The number of hydrogen-bond donors (Lipinski definition) is 0. The second-order valence-corrected chi connectivity index (χ2v) is 6.91. The fourth-order valence-electron chi connectivity index (χ4n) is 3.64. The summed E-state index contributed by atoms with van der Waals surface area (Å²) in [6, 6.07) is 2.95.